The van der Waals surface area contributed by atoms with Gasteiger partial charge in [-0.3, -0.25) is 4.79 Å². The minimum Gasteiger partial charge on any atom is -0.389 e. The summed E-state index contributed by atoms with van der Waals surface area (Å²) >= 11 is 0. The van der Waals surface area contributed by atoms with Crippen molar-refractivity contribution in [2.45, 2.75) is 39.7 Å². The maximum atomic E-state index is 12.5. The minimum absolute atomic E-state index is 0.0377. The molecule has 1 aromatic carbocycles. The first-order chi connectivity index (χ1) is 9.78. The van der Waals surface area contributed by atoms with Crippen LogP contribution in [0.4, 0.5) is 5.69 Å². The van der Waals surface area contributed by atoms with Crippen molar-refractivity contribution in [3.63, 3.8) is 0 Å². The molecule has 4 heteroatoms. The van der Waals surface area contributed by atoms with E-state index in [1.54, 1.807) is 18.7 Å². The van der Waals surface area contributed by atoms with Crippen LogP contribution in [-0.2, 0) is 0 Å². The second-order valence-corrected chi connectivity index (χ2v) is 6.10. The maximum absolute atomic E-state index is 12.5. The molecule has 1 amide bonds. The number of nitrogens with zero attached hydrogens (tertiary/aromatic N) is 2. The zero-order valence-corrected chi connectivity index (χ0v) is 13.9. The number of amides is 1. The number of carbonyl (C=O) groups is 1. The monoisotopic (exact) mass is 292 g/mol. The van der Waals surface area contributed by atoms with Gasteiger partial charge < -0.3 is 14.9 Å². The van der Waals surface area contributed by atoms with Crippen molar-refractivity contribution in [1.29, 1.82) is 0 Å². The number of carbonyl (C=O) groups excluding carboxylic acids is 1. The van der Waals surface area contributed by atoms with E-state index in [1.807, 2.05) is 38.2 Å². The molecule has 0 atom stereocenters. The molecule has 1 N–H and O–H groups in total. The van der Waals surface area contributed by atoms with E-state index < -0.39 is 5.60 Å². The summed E-state index contributed by atoms with van der Waals surface area (Å²) in [7, 11) is 2.05. The molecule has 0 fully saturated rings. The highest BCUT2D eigenvalue weighted by Gasteiger charge is 2.22. The lowest BCUT2D eigenvalue weighted by atomic mass is 10.1. The summed E-state index contributed by atoms with van der Waals surface area (Å²) in [4.78, 5) is 16.3. The summed E-state index contributed by atoms with van der Waals surface area (Å²) in [6.45, 7) is 9.40. The lowest BCUT2D eigenvalue weighted by Crippen LogP contribution is -2.42. The van der Waals surface area contributed by atoms with E-state index in [2.05, 4.69) is 11.8 Å². The van der Waals surface area contributed by atoms with Gasteiger partial charge in [-0.1, -0.05) is 6.92 Å². The number of aliphatic hydroxyl groups is 1. The van der Waals surface area contributed by atoms with Crippen molar-refractivity contribution in [3.8, 4) is 0 Å². The van der Waals surface area contributed by atoms with E-state index in [0.29, 0.717) is 18.7 Å². The smallest absolute Gasteiger partial charge is 0.253 e. The van der Waals surface area contributed by atoms with Crippen LogP contribution in [0.25, 0.3) is 0 Å². The first-order valence-corrected chi connectivity index (χ1v) is 7.61. The molecule has 0 spiro atoms. The van der Waals surface area contributed by atoms with Crippen LogP contribution in [0.1, 0.15) is 44.5 Å². The predicted octanol–water partition coefficient (Wildman–Crippen LogP) is 2.77. The van der Waals surface area contributed by atoms with Crippen LogP contribution in [0.2, 0.25) is 0 Å². The van der Waals surface area contributed by atoms with Gasteiger partial charge >= 0.3 is 0 Å². The fraction of sp³-hybridized carbons (Fsp3) is 0.588. The van der Waals surface area contributed by atoms with Crippen molar-refractivity contribution in [1.82, 2.24) is 4.90 Å². The highest BCUT2D eigenvalue weighted by atomic mass is 16.3. The third-order valence-corrected chi connectivity index (χ3v) is 3.36. The molecule has 4 nitrogen and oxygen atoms in total. The quantitative estimate of drug-likeness (QED) is 0.840. The SMILES string of the molecule is CCCN(C)c1ccc(C(=O)N(CC)CC(C)(C)O)cc1. The molecule has 1 rings (SSSR count). The van der Waals surface area contributed by atoms with Gasteiger partial charge in [0.1, 0.15) is 0 Å². The van der Waals surface area contributed by atoms with Crippen LogP contribution < -0.4 is 4.90 Å². The lowest BCUT2D eigenvalue weighted by molar-refractivity contribution is 0.0314. The van der Waals surface area contributed by atoms with Gasteiger partial charge in [0.15, 0.2) is 0 Å². The molecular formula is C17H28N2O2. The molecule has 0 bridgehead atoms. The van der Waals surface area contributed by atoms with E-state index in [4.69, 9.17) is 0 Å². The molecule has 0 aliphatic heterocycles. The van der Waals surface area contributed by atoms with Crippen LogP contribution in [0, 0.1) is 0 Å². The van der Waals surface area contributed by atoms with Crippen LogP contribution in [0.3, 0.4) is 0 Å². The van der Waals surface area contributed by atoms with Crippen molar-refractivity contribution in [2.75, 3.05) is 31.6 Å². The van der Waals surface area contributed by atoms with Gasteiger partial charge in [-0.15, -0.1) is 0 Å². The Hall–Kier alpha value is -1.55. The van der Waals surface area contributed by atoms with Gasteiger partial charge in [-0.05, 0) is 51.5 Å². The highest BCUT2D eigenvalue weighted by Crippen LogP contribution is 2.16. The standard InChI is InChI=1S/C17H28N2O2/c1-6-12-18(5)15-10-8-14(9-11-15)16(20)19(7-2)13-17(3,4)21/h8-11,21H,6-7,12-13H2,1-5H3. The molecule has 118 valence electrons. The molecule has 0 saturated heterocycles. The van der Waals surface area contributed by atoms with E-state index in [1.165, 1.54) is 0 Å². The van der Waals surface area contributed by atoms with Gasteiger partial charge in [0, 0.05) is 37.9 Å². The average Bonchev–Trinajstić information content (AvgIpc) is 2.43. The number of benzene rings is 1. The number of anilines is 1. The second kappa shape index (κ2) is 7.46. The van der Waals surface area contributed by atoms with Gasteiger partial charge in [0.25, 0.3) is 5.91 Å². The Bertz CT molecular complexity index is 449. The number of hydrogen-bond donors (Lipinski definition) is 1. The molecule has 0 aromatic heterocycles. The third-order valence-electron chi connectivity index (χ3n) is 3.36. The fourth-order valence-electron chi connectivity index (χ4n) is 2.30. The van der Waals surface area contributed by atoms with Crippen molar-refractivity contribution in [2.24, 2.45) is 0 Å². The molecule has 0 unspecified atom stereocenters. The van der Waals surface area contributed by atoms with Gasteiger partial charge in [-0.2, -0.15) is 0 Å². The normalized spacial score (nSPS) is 11.3. The van der Waals surface area contributed by atoms with Gasteiger partial charge in [-0.25, -0.2) is 0 Å². The third kappa shape index (κ3) is 5.38. The van der Waals surface area contributed by atoms with Gasteiger partial charge in [0.05, 0.1) is 5.60 Å². The summed E-state index contributed by atoms with van der Waals surface area (Å²) in [6, 6.07) is 7.66. The predicted molar refractivity (Wildman–Crippen MR) is 87.9 cm³/mol. The number of rotatable bonds is 7. The number of hydrogen-bond acceptors (Lipinski definition) is 3. The summed E-state index contributed by atoms with van der Waals surface area (Å²) in [5.41, 5.74) is 0.890. The Morgan fingerprint density at radius 3 is 2.19 bits per heavy atom. The van der Waals surface area contributed by atoms with Gasteiger partial charge in [0.2, 0.25) is 0 Å². The molecule has 21 heavy (non-hydrogen) atoms. The highest BCUT2D eigenvalue weighted by molar-refractivity contribution is 5.94. The number of likely N-dealkylation sites (N-methyl/N-ethyl adjacent to an activating group) is 1. The summed E-state index contributed by atoms with van der Waals surface area (Å²) in [6.07, 6.45) is 1.09. The van der Waals surface area contributed by atoms with E-state index in [0.717, 1.165) is 18.7 Å². The first kappa shape index (κ1) is 17.5. The van der Waals surface area contributed by atoms with Crippen molar-refractivity contribution < 1.29 is 9.90 Å². The Balaban J connectivity index is 2.82. The molecule has 0 heterocycles. The molecule has 0 aliphatic carbocycles. The summed E-state index contributed by atoms with van der Waals surface area (Å²) in [5, 5.41) is 9.89. The fourth-order valence-corrected chi connectivity index (χ4v) is 2.30. The van der Waals surface area contributed by atoms with E-state index >= 15 is 0 Å². The topological polar surface area (TPSA) is 43.8 Å². The maximum Gasteiger partial charge on any atom is 0.253 e. The largest absolute Gasteiger partial charge is 0.389 e. The molecule has 0 radical (unpaired) electrons. The second-order valence-electron chi connectivity index (χ2n) is 6.10. The zero-order valence-electron chi connectivity index (χ0n) is 13.9. The Morgan fingerprint density at radius 1 is 1.19 bits per heavy atom. The molecule has 0 saturated carbocycles. The summed E-state index contributed by atoms with van der Waals surface area (Å²) < 4.78 is 0. The average molecular weight is 292 g/mol. The van der Waals surface area contributed by atoms with Crippen molar-refractivity contribution in [3.05, 3.63) is 29.8 Å². The van der Waals surface area contributed by atoms with Crippen LogP contribution >= 0.6 is 0 Å². The van der Waals surface area contributed by atoms with Crippen molar-refractivity contribution >= 4 is 11.6 Å². The first-order valence-electron chi connectivity index (χ1n) is 7.61. The van der Waals surface area contributed by atoms with E-state index in [9.17, 15) is 9.90 Å². The Morgan fingerprint density at radius 2 is 1.76 bits per heavy atom. The lowest BCUT2D eigenvalue weighted by Gasteiger charge is -2.28. The molecule has 1 aromatic rings. The van der Waals surface area contributed by atoms with E-state index in [-0.39, 0.29) is 5.91 Å². The Kier molecular flexibility index (Phi) is 6.21. The summed E-state index contributed by atoms with van der Waals surface area (Å²) in [5.74, 6) is -0.0377. The Labute approximate surface area is 128 Å². The van der Waals surface area contributed by atoms with Crippen LogP contribution in [0.5, 0.6) is 0 Å². The van der Waals surface area contributed by atoms with Crippen LogP contribution in [-0.4, -0.2) is 48.2 Å². The van der Waals surface area contributed by atoms with Crippen LogP contribution in [0.15, 0.2) is 24.3 Å². The molecular weight excluding hydrogens is 264 g/mol. The minimum atomic E-state index is -0.882. The molecule has 0 aliphatic rings. The zero-order chi connectivity index (χ0) is 16.0.